The van der Waals surface area contributed by atoms with Gasteiger partial charge < -0.3 is 0 Å². The Kier molecular flexibility index (Phi) is 1.75. The number of fused-ring (bicyclic) bond motifs is 1. The molecule has 1 aromatic carbocycles. The van der Waals surface area contributed by atoms with E-state index in [1.165, 1.54) is 11.1 Å². The number of rotatable bonds is 0. The van der Waals surface area contributed by atoms with Crippen LogP contribution in [0.25, 0.3) is 5.57 Å². The third-order valence-corrected chi connectivity index (χ3v) is 2.91. The molecule has 0 saturated carbocycles. The SMILES string of the molecule is C=C1CC(C)(C)c2ccc(C#N)cc21. The molecule has 1 heteroatoms. The number of hydrogen-bond acceptors (Lipinski definition) is 1. The monoisotopic (exact) mass is 183 g/mol. The minimum Gasteiger partial charge on any atom is -0.192 e. The van der Waals surface area contributed by atoms with Crippen LogP contribution in [0.3, 0.4) is 0 Å². The number of nitrogens with zero attached hydrogens (tertiary/aromatic N) is 1. The van der Waals surface area contributed by atoms with E-state index < -0.39 is 0 Å². The fourth-order valence-corrected chi connectivity index (χ4v) is 2.22. The van der Waals surface area contributed by atoms with Crippen LogP contribution in [0.15, 0.2) is 24.8 Å². The largest absolute Gasteiger partial charge is 0.192 e. The second-order valence-electron chi connectivity index (χ2n) is 4.54. The van der Waals surface area contributed by atoms with Crippen LogP contribution in [0.5, 0.6) is 0 Å². The van der Waals surface area contributed by atoms with Crippen LogP contribution in [-0.4, -0.2) is 0 Å². The Labute approximate surface area is 84.7 Å². The summed E-state index contributed by atoms with van der Waals surface area (Å²) in [6.45, 7) is 8.49. The minimum atomic E-state index is 0.181. The molecule has 0 fully saturated rings. The minimum absolute atomic E-state index is 0.181. The van der Waals surface area contributed by atoms with E-state index in [2.05, 4.69) is 32.6 Å². The molecule has 2 rings (SSSR count). The number of benzene rings is 1. The Balaban J connectivity index is 2.65. The van der Waals surface area contributed by atoms with Crippen molar-refractivity contribution in [2.45, 2.75) is 25.7 Å². The van der Waals surface area contributed by atoms with Crippen LogP contribution in [0.2, 0.25) is 0 Å². The van der Waals surface area contributed by atoms with Gasteiger partial charge >= 0.3 is 0 Å². The van der Waals surface area contributed by atoms with E-state index in [1.807, 2.05) is 12.1 Å². The lowest BCUT2D eigenvalue weighted by molar-refractivity contribution is 0.563. The van der Waals surface area contributed by atoms with Crippen molar-refractivity contribution < 1.29 is 0 Å². The third-order valence-electron chi connectivity index (χ3n) is 2.91. The highest BCUT2D eigenvalue weighted by Gasteiger charge is 2.31. The van der Waals surface area contributed by atoms with Crippen molar-refractivity contribution in [2.75, 3.05) is 0 Å². The number of nitriles is 1. The van der Waals surface area contributed by atoms with Crippen LogP contribution in [0.4, 0.5) is 0 Å². The van der Waals surface area contributed by atoms with E-state index in [0.717, 1.165) is 17.6 Å². The van der Waals surface area contributed by atoms with Crippen molar-refractivity contribution in [1.29, 1.82) is 5.26 Å². The average molecular weight is 183 g/mol. The molecule has 14 heavy (non-hydrogen) atoms. The van der Waals surface area contributed by atoms with Crippen molar-refractivity contribution in [2.24, 2.45) is 0 Å². The molecule has 0 spiro atoms. The zero-order chi connectivity index (χ0) is 10.3. The van der Waals surface area contributed by atoms with Gasteiger partial charge in [-0.25, -0.2) is 0 Å². The molecule has 0 aromatic heterocycles. The van der Waals surface area contributed by atoms with Crippen LogP contribution in [-0.2, 0) is 5.41 Å². The molecule has 1 nitrogen and oxygen atoms in total. The Morgan fingerprint density at radius 1 is 1.43 bits per heavy atom. The van der Waals surface area contributed by atoms with E-state index in [1.54, 1.807) is 0 Å². The van der Waals surface area contributed by atoms with Gasteiger partial charge in [-0.15, -0.1) is 0 Å². The maximum Gasteiger partial charge on any atom is 0.0991 e. The molecular formula is C13H13N. The molecule has 1 aliphatic carbocycles. The van der Waals surface area contributed by atoms with Gasteiger partial charge in [-0.3, -0.25) is 0 Å². The smallest absolute Gasteiger partial charge is 0.0991 e. The lowest BCUT2D eigenvalue weighted by Gasteiger charge is -2.17. The maximum absolute atomic E-state index is 8.81. The summed E-state index contributed by atoms with van der Waals surface area (Å²) in [7, 11) is 0. The average Bonchev–Trinajstić information content (AvgIpc) is 2.37. The van der Waals surface area contributed by atoms with Crippen LogP contribution >= 0.6 is 0 Å². The Hall–Kier alpha value is -1.55. The molecule has 0 radical (unpaired) electrons. The summed E-state index contributed by atoms with van der Waals surface area (Å²) < 4.78 is 0. The van der Waals surface area contributed by atoms with Gasteiger partial charge in [0, 0.05) is 0 Å². The van der Waals surface area contributed by atoms with Crippen LogP contribution in [0, 0.1) is 11.3 Å². The van der Waals surface area contributed by atoms with Crippen LogP contribution in [0.1, 0.15) is 37.0 Å². The molecule has 0 amide bonds. The third kappa shape index (κ3) is 1.15. The zero-order valence-corrected chi connectivity index (χ0v) is 8.59. The Morgan fingerprint density at radius 3 is 2.79 bits per heavy atom. The summed E-state index contributed by atoms with van der Waals surface area (Å²) in [5.41, 5.74) is 4.56. The fraction of sp³-hybridized carbons (Fsp3) is 0.308. The van der Waals surface area contributed by atoms with Crippen molar-refractivity contribution in [1.82, 2.24) is 0 Å². The normalized spacial score (nSPS) is 17.6. The van der Waals surface area contributed by atoms with Crippen LogP contribution < -0.4 is 0 Å². The lowest BCUT2D eigenvalue weighted by atomic mass is 9.86. The first-order valence-corrected chi connectivity index (χ1v) is 4.77. The van der Waals surface area contributed by atoms with Crippen molar-refractivity contribution in [3.63, 3.8) is 0 Å². The quantitative estimate of drug-likeness (QED) is 0.605. The fourth-order valence-electron chi connectivity index (χ4n) is 2.22. The molecule has 1 aromatic rings. The number of hydrogen-bond donors (Lipinski definition) is 0. The zero-order valence-electron chi connectivity index (χ0n) is 8.59. The van der Waals surface area contributed by atoms with Crippen molar-refractivity contribution >= 4 is 5.57 Å². The van der Waals surface area contributed by atoms with Gasteiger partial charge in [0.05, 0.1) is 11.6 Å². The molecular weight excluding hydrogens is 170 g/mol. The predicted octanol–water partition coefficient (Wildman–Crippen LogP) is 3.25. The van der Waals surface area contributed by atoms with E-state index >= 15 is 0 Å². The van der Waals surface area contributed by atoms with Gasteiger partial charge in [0.1, 0.15) is 0 Å². The second-order valence-corrected chi connectivity index (χ2v) is 4.54. The van der Waals surface area contributed by atoms with Gasteiger partial charge in [0.25, 0.3) is 0 Å². The highest BCUT2D eigenvalue weighted by atomic mass is 14.4. The summed E-state index contributed by atoms with van der Waals surface area (Å²) in [5, 5.41) is 8.81. The Bertz CT molecular complexity index is 447. The first-order chi connectivity index (χ1) is 6.54. The van der Waals surface area contributed by atoms with Gasteiger partial charge in [0.15, 0.2) is 0 Å². The van der Waals surface area contributed by atoms with Crippen molar-refractivity contribution in [3.05, 3.63) is 41.5 Å². The summed E-state index contributed by atoms with van der Waals surface area (Å²) in [6.07, 6.45) is 0.997. The summed E-state index contributed by atoms with van der Waals surface area (Å²) in [4.78, 5) is 0. The maximum atomic E-state index is 8.81. The second kappa shape index (κ2) is 2.72. The molecule has 1 aliphatic rings. The van der Waals surface area contributed by atoms with E-state index in [-0.39, 0.29) is 5.41 Å². The molecule has 0 saturated heterocycles. The molecule has 0 heterocycles. The predicted molar refractivity (Wildman–Crippen MR) is 57.8 cm³/mol. The summed E-state index contributed by atoms with van der Waals surface area (Å²) in [6, 6.07) is 8.06. The van der Waals surface area contributed by atoms with E-state index in [9.17, 15) is 0 Å². The van der Waals surface area contributed by atoms with Gasteiger partial charge in [-0.1, -0.05) is 26.5 Å². The first kappa shape index (κ1) is 9.02. The highest BCUT2D eigenvalue weighted by molar-refractivity contribution is 5.74. The topological polar surface area (TPSA) is 23.8 Å². The number of allylic oxidation sites excluding steroid dienone is 1. The first-order valence-electron chi connectivity index (χ1n) is 4.77. The Morgan fingerprint density at radius 2 is 2.14 bits per heavy atom. The van der Waals surface area contributed by atoms with Crippen molar-refractivity contribution in [3.8, 4) is 6.07 Å². The van der Waals surface area contributed by atoms with Gasteiger partial charge in [0.2, 0.25) is 0 Å². The molecule has 0 unspecified atom stereocenters. The molecule has 0 bridgehead atoms. The standard InChI is InChI=1S/C13H13N/c1-9-7-13(2,3)12-5-4-10(8-14)6-11(9)12/h4-6H,1,7H2,2-3H3. The van der Waals surface area contributed by atoms with Gasteiger partial charge in [-0.05, 0) is 40.7 Å². The molecule has 0 N–H and O–H groups in total. The van der Waals surface area contributed by atoms with Gasteiger partial charge in [-0.2, -0.15) is 5.26 Å². The lowest BCUT2D eigenvalue weighted by Crippen LogP contribution is -2.11. The molecule has 0 atom stereocenters. The molecule has 70 valence electrons. The van der Waals surface area contributed by atoms with E-state index in [0.29, 0.717) is 0 Å². The highest BCUT2D eigenvalue weighted by Crippen LogP contribution is 2.44. The molecule has 0 aliphatic heterocycles. The summed E-state index contributed by atoms with van der Waals surface area (Å²) in [5.74, 6) is 0. The summed E-state index contributed by atoms with van der Waals surface area (Å²) >= 11 is 0. The van der Waals surface area contributed by atoms with E-state index in [4.69, 9.17) is 5.26 Å².